The average Bonchev–Trinajstić information content (AvgIpc) is 2.71. The highest BCUT2D eigenvalue weighted by atomic mass is 32.1. The smallest absolute Gasteiger partial charge is 0.240 e. The zero-order chi connectivity index (χ0) is 15.4. The van der Waals surface area contributed by atoms with Gasteiger partial charge in [-0.1, -0.05) is 27.7 Å². The molecule has 6 heteroatoms. The van der Waals surface area contributed by atoms with Crippen LogP contribution in [-0.4, -0.2) is 16.5 Å². The van der Waals surface area contributed by atoms with Crippen LogP contribution in [0.4, 0.5) is 11.8 Å². The number of nitrogens with one attached hydrogen (secondary N) is 2. The van der Waals surface area contributed by atoms with Gasteiger partial charge in [-0.25, -0.2) is 10.8 Å². The molecule has 2 aromatic rings. The first kappa shape index (κ1) is 14.5. The van der Waals surface area contributed by atoms with Crippen LogP contribution in [0.5, 0.6) is 0 Å². The number of hydrogen-bond donors (Lipinski definition) is 3. The number of hydrazine groups is 1. The molecular weight excluding hydrogens is 282 g/mol. The Morgan fingerprint density at radius 1 is 1.24 bits per heavy atom. The van der Waals surface area contributed by atoms with Crippen LogP contribution >= 0.6 is 11.3 Å². The van der Waals surface area contributed by atoms with Crippen LogP contribution in [0.2, 0.25) is 0 Å². The molecular formula is C15H23N5S. The summed E-state index contributed by atoms with van der Waals surface area (Å²) in [5, 5.41) is 4.59. The number of nitrogens with two attached hydrogens (primary N) is 1. The number of anilines is 2. The number of hydrogen-bond acceptors (Lipinski definition) is 6. The van der Waals surface area contributed by atoms with Gasteiger partial charge in [-0.05, 0) is 29.7 Å². The summed E-state index contributed by atoms with van der Waals surface area (Å²) >= 11 is 1.66. The summed E-state index contributed by atoms with van der Waals surface area (Å²) in [6, 6.07) is 2.13. The minimum absolute atomic E-state index is 0.367. The third kappa shape index (κ3) is 2.17. The van der Waals surface area contributed by atoms with Gasteiger partial charge >= 0.3 is 0 Å². The van der Waals surface area contributed by atoms with Crippen molar-refractivity contribution in [2.24, 2.45) is 22.6 Å². The molecule has 3 rings (SSSR count). The molecule has 4 N–H and O–H groups in total. The van der Waals surface area contributed by atoms with Gasteiger partial charge in [0.25, 0.3) is 0 Å². The van der Waals surface area contributed by atoms with Crippen molar-refractivity contribution in [2.75, 3.05) is 17.3 Å². The third-order valence-corrected chi connectivity index (χ3v) is 6.38. The Hall–Kier alpha value is -1.40. The van der Waals surface area contributed by atoms with Crippen molar-refractivity contribution in [3.63, 3.8) is 0 Å². The molecule has 0 saturated heterocycles. The van der Waals surface area contributed by atoms with Crippen molar-refractivity contribution in [1.29, 1.82) is 0 Å². The molecule has 114 valence electrons. The first-order valence-corrected chi connectivity index (χ1v) is 8.07. The van der Waals surface area contributed by atoms with E-state index >= 15 is 0 Å². The van der Waals surface area contributed by atoms with E-state index in [-0.39, 0.29) is 0 Å². The van der Waals surface area contributed by atoms with Crippen LogP contribution in [0.15, 0.2) is 6.07 Å². The predicted molar refractivity (Wildman–Crippen MR) is 89.5 cm³/mol. The third-order valence-electron chi connectivity index (χ3n) is 5.44. The maximum atomic E-state index is 5.47. The van der Waals surface area contributed by atoms with E-state index in [0.29, 0.717) is 22.7 Å². The zero-order valence-corrected chi connectivity index (χ0v) is 14.1. The van der Waals surface area contributed by atoms with E-state index in [9.17, 15) is 0 Å². The van der Waals surface area contributed by atoms with Gasteiger partial charge in [0.15, 0.2) is 0 Å². The van der Waals surface area contributed by atoms with Gasteiger partial charge in [-0.3, -0.25) is 5.43 Å². The van der Waals surface area contributed by atoms with Gasteiger partial charge < -0.3 is 5.32 Å². The lowest BCUT2D eigenvalue weighted by Gasteiger charge is -2.09. The Morgan fingerprint density at radius 3 is 2.48 bits per heavy atom. The Bertz CT molecular complexity index is 675. The van der Waals surface area contributed by atoms with E-state index in [1.807, 2.05) is 0 Å². The molecule has 1 saturated carbocycles. The molecule has 1 fully saturated rings. The topological polar surface area (TPSA) is 75.9 Å². The molecule has 1 aliphatic carbocycles. The van der Waals surface area contributed by atoms with Gasteiger partial charge in [-0.15, -0.1) is 11.3 Å². The summed E-state index contributed by atoms with van der Waals surface area (Å²) in [4.78, 5) is 11.1. The van der Waals surface area contributed by atoms with Crippen molar-refractivity contribution in [1.82, 2.24) is 9.97 Å². The van der Waals surface area contributed by atoms with Gasteiger partial charge in [0.2, 0.25) is 5.95 Å². The van der Waals surface area contributed by atoms with Crippen molar-refractivity contribution in [3.05, 3.63) is 10.9 Å². The molecule has 0 unspecified atom stereocenters. The van der Waals surface area contributed by atoms with Crippen LogP contribution in [0.25, 0.3) is 10.2 Å². The Balaban J connectivity index is 1.87. The maximum Gasteiger partial charge on any atom is 0.240 e. The number of aromatic nitrogens is 2. The maximum absolute atomic E-state index is 5.47. The van der Waals surface area contributed by atoms with E-state index in [2.05, 4.69) is 61.4 Å². The summed E-state index contributed by atoms with van der Waals surface area (Å²) in [5.74, 6) is 7.45. The number of nitrogens with zero attached hydrogens (tertiary/aromatic N) is 2. The molecule has 0 radical (unpaired) electrons. The number of aryl methyl sites for hydroxylation is 1. The SMILES string of the molecule is Cc1cc2c(NCC3C(C)(C)C3(C)C)nc(NN)nc2s1. The summed E-state index contributed by atoms with van der Waals surface area (Å²) in [7, 11) is 0. The summed E-state index contributed by atoms with van der Waals surface area (Å²) in [6.07, 6.45) is 0. The normalized spacial score (nSPS) is 19.7. The average molecular weight is 305 g/mol. The fourth-order valence-corrected chi connectivity index (χ4v) is 4.16. The summed E-state index contributed by atoms with van der Waals surface area (Å²) < 4.78 is 0. The molecule has 0 amide bonds. The van der Waals surface area contributed by atoms with Gasteiger partial charge in [0.05, 0.1) is 5.39 Å². The first-order chi connectivity index (χ1) is 9.77. The van der Waals surface area contributed by atoms with E-state index in [1.165, 1.54) is 4.88 Å². The van der Waals surface area contributed by atoms with Crippen molar-refractivity contribution in [2.45, 2.75) is 34.6 Å². The van der Waals surface area contributed by atoms with E-state index in [1.54, 1.807) is 11.3 Å². The Morgan fingerprint density at radius 2 is 1.90 bits per heavy atom. The van der Waals surface area contributed by atoms with Crippen molar-refractivity contribution < 1.29 is 0 Å². The lowest BCUT2D eigenvalue weighted by molar-refractivity contribution is 0.457. The number of rotatable bonds is 4. The molecule has 1 aliphatic rings. The van der Waals surface area contributed by atoms with E-state index in [0.717, 1.165) is 22.6 Å². The molecule has 0 atom stereocenters. The quantitative estimate of drug-likeness (QED) is 0.596. The molecule has 2 heterocycles. The number of thiophene rings is 1. The molecule has 0 aromatic carbocycles. The lowest BCUT2D eigenvalue weighted by atomic mass is 10.0. The monoisotopic (exact) mass is 305 g/mol. The molecule has 0 bridgehead atoms. The standard InChI is InChI=1S/C15H23N5S/c1-8-6-9-11(18-13(20-16)19-12(9)21-8)17-7-10-14(2,3)15(10,4)5/h6,10H,7,16H2,1-5H3,(H2,17,18,19,20). The molecule has 2 aromatic heterocycles. The fraction of sp³-hybridized carbons (Fsp3) is 0.600. The molecule has 5 nitrogen and oxygen atoms in total. The summed E-state index contributed by atoms with van der Waals surface area (Å²) in [6.45, 7) is 12.3. The van der Waals surface area contributed by atoms with Crippen molar-refractivity contribution in [3.8, 4) is 0 Å². The minimum Gasteiger partial charge on any atom is -0.369 e. The van der Waals surface area contributed by atoms with Crippen LogP contribution in [-0.2, 0) is 0 Å². The molecule has 0 spiro atoms. The van der Waals surface area contributed by atoms with E-state index in [4.69, 9.17) is 5.84 Å². The van der Waals surface area contributed by atoms with Crippen LogP contribution < -0.4 is 16.6 Å². The van der Waals surface area contributed by atoms with Crippen LogP contribution in [0.3, 0.4) is 0 Å². The molecule has 0 aliphatic heterocycles. The first-order valence-electron chi connectivity index (χ1n) is 7.26. The largest absolute Gasteiger partial charge is 0.369 e. The second-order valence-electron chi connectivity index (χ2n) is 6.99. The zero-order valence-electron chi connectivity index (χ0n) is 13.2. The van der Waals surface area contributed by atoms with Gasteiger partial charge in [0, 0.05) is 11.4 Å². The van der Waals surface area contributed by atoms with Crippen LogP contribution in [0.1, 0.15) is 32.6 Å². The molecule has 21 heavy (non-hydrogen) atoms. The predicted octanol–water partition coefficient (Wildman–Crippen LogP) is 3.38. The highest BCUT2D eigenvalue weighted by Gasteiger charge is 2.64. The second kappa shape index (κ2) is 4.55. The van der Waals surface area contributed by atoms with E-state index < -0.39 is 0 Å². The highest BCUT2D eigenvalue weighted by molar-refractivity contribution is 7.18. The van der Waals surface area contributed by atoms with Crippen LogP contribution in [0, 0.1) is 23.7 Å². The number of nitrogen functional groups attached to an aromatic ring is 1. The second-order valence-corrected chi connectivity index (χ2v) is 8.23. The minimum atomic E-state index is 0.367. The summed E-state index contributed by atoms with van der Waals surface area (Å²) in [5.41, 5.74) is 3.28. The Labute approximate surface area is 129 Å². The van der Waals surface area contributed by atoms with Gasteiger partial charge in [0.1, 0.15) is 10.6 Å². The lowest BCUT2D eigenvalue weighted by Crippen LogP contribution is -2.14. The Kier molecular flexibility index (Phi) is 3.15. The van der Waals surface area contributed by atoms with Crippen molar-refractivity contribution >= 4 is 33.3 Å². The van der Waals surface area contributed by atoms with Gasteiger partial charge in [-0.2, -0.15) is 4.98 Å². The fourth-order valence-electron chi connectivity index (χ4n) is 3.28. The highest BCUT2D eigenvalue weighted by Crippen LogP contribution is 2.68. The number of fused-ring (bicyclic) bond motifs is 1.